The Bertz CT molecular complexity index is 625. The molecule has 0 spiro atoms. The Kier molecular flexibility index (Phi) is 4.24. The molecule has 2 rings (SSSR count). The van der Waals surface area contributed by atoms with Gasteiger partial charge in [-0.25, -0.2) is 0 Å². The summed E-state index contributed by atoms with van der Waals surface area (Å²) in [7, 11) is 0. The van der Waals surface area contributed by atoms with Crippen LogP contribution in [-0.2, 0) is 0 Å². The third-order valence-electron chi connectivity index (χ3n) is 2.13. The molecule has 0 aliphatic heterocycles. The van der Waals surface area contributed by atoms with Gasteiger partial charge in [0.15, 0.2) is 0 Å². The van der Waals surface area contributed by atoms with Gasteiger partial charge in [-0.2, -0.15) is 0 Å². The van der Waals surface area contributed by atoms with E-state index in [0.29, 0.717) is 9.77 Å². The second-order valence-electron chi connectivity index (χ2n) is 3.70. The highest BCUT2D eigenvalue weighted by molar-refractivity contribution is 7.80. The van der Waals surface area contributed by atoms with Crippen molar-refractivity contribution in [2.24, 2.45) is 0 Å². The number of anilines is 1. The number of hydrogen-bond donors (Lipinski definition) is 2. The Labute approximate surface area is 121 Å². The largest absolute Gasteiger partial charge is 0.573 e. The van der Waals surface area contributed by atoms with E-state index in [2.05, 4.69) is 22.7 Å². The molecule has 1 heterocycles. The number of carbonyl (C=O) groups is 1. The Balaban J connectivity index is 2.10. The van der Waals surface area contributed by atoms with Crippen LogP contribution >= 0.6 is 24.0 Å². The number of ether oxygens (including phenoxy) is 1. The van der Waals surface area contributed by atoms with Gasteiger partial charge in [0.2, 0.25) is 0 Å². The molecule has 8 heteroatoms. The van der Waals surface area contributed by atoms with Crippen LogP contribution in [0.4, 0.5) is 18.9 Å². The SMILES string of the molecule is O=C(Nc1cccc(OC(F)(F)F)c1)c1cc(S)cs1. The highest BCUT2D eigenvalue weighted by Crippen LogP contribution is 2.26. The van der Waals surface area contributed by atoms with E-state index in [0.717, 1.165) is 12.1 Å². The summed E-state index contributed by atoms with van der Waals surface area (Å²) in [6, 6.07) is 6.64. The molecule has 0 unspecified atom stereocenters. The average Bonchev–Trinajstić information content (AvgIpc) is 2.74. The predicted octanol–water partition coefficient (Wildman–Crippen LogP) is 4.19. The summed E-state index contributed by atoms with van der Waals surface area (Å²) in [5, 5.41) is 4.17. The summed E-state index contributed by atoms with van der Waals surface area (Å²) in [6.45, 7) is 0. The van der Waals surface area contributed by atoms with Crippen LogP contribution in [0.15, 0.2) is 40.6 Å². The first-order chi connectivity index (χ1) is 9.33. The number of alkyl halides is 3. The molecule has 1 aromatic carbocycles. The number of thiol groups is 1. The molecule has 0 saturated heterocycles. The molecule has 1 amide bonds. The molecular formula is C12H8F3NO2S2. The monoisotopic (exact) mass is 319 g/mol. The highest BCUT2D eigenvalue weighted by Gasteiger charge is 2.31. The molecule has 106 valence electrons. The molecule has 0 aliphatic carbocycles. The zero-order valence-electron chi connectivity index (χ0n) is 9.77. The van der Waals surface area contributed by atoms with Crippen LogP contribution in [0.25, 0.3) is 0 Å². The minimum Gasteiger partial charge on any atom is -0.406 e. The van der Waals surface area contributed by atoms with Gasteiger partial charge in [-0.05, 0) is 18.2 Å². The van der Waals surface area contributed by atoms with E-state index in [1.165, 1.54) is 23.5 Å². The van der Waals surface area contributed by atoms with Gasteiger partial charge in [-0.15, -0.1) is 37.1 Å². The number of halogens is 3. The van der Waals surface area contributed by atoms with Gasteiger partial charge in [-0.1, -0.05) is 6.07 Å². The first kappa shape index (κ1) is 14.7. The molecule has 0 saturated carbocycles. The molecule has 2 aromatic rings. The lowest BCUT2D eigenvalue weighted by Crippen LogP contribution is -2.17. The van der Waals surface area contributed by atoms with E-state index >= 15 is 0 Å². The second kappa shape index (κ2) is 5.76. The van der Waals surface area contributed by atoms with Gasteiger partial charge in [0.1, 0.15) is 5.75 Å². The summed E-state index contributed by atoms with van der Waals surface area (Å²) < 4.78 is 40.0. The standard InChI is InChI=1S/C12H8F3NO2S2/c13-12(14,15)18-8-3-1-2-7(4-8)16-11(17)10-5-9(19)6-20-10/h1-6,19H,(H,16,17). The van der Waals surface area contributed by atoms with Gasteiger partial charge in [0, 0.05) is 22.0 Å². The Hall–Kier alpha value is -1.67. The number of rotatable bonds is 3. The second-order valence-corrected chi connectivity index (χ2v) is 5.13. The van der Waals surface area contributed by atoms with Gasteiger partial charge in [0.25, 0.3) is 5.91 Å². The van der Waals surface area contributed by atoms with Crippen molar-refractivity contribution in [1.29, 1.82) is 0 Å². The summed E-state index contributed by atoms with van der Waals surface area (Å²) in [6.07, 6.45) is -4.77. The van der Waals surface area contributed by atoms with Crippen molar-refractivity contribution >= 4 is 35.6 Å². The lowest BCUT2D eigenvalue weighted by atomic mass is 10.3. The summed E-state index contributed by atoms with van der Waals surface area (Å²) in [5.74, 6) is -0.809. The normalized spacial score (nSPS) is 11.2. The number of amides is 1. The number of carbonyl (C=O) groups excluding carboxylic acids is 1. The van der Waals surface area contributed by atoms with Gasteiger partial charge < -0.3 is 10.1 Å². The molecule has 0 atom stereocenters. The summed E-state index contributed by atoms with van der Waals surface area (Å²) >= 11 is 5.27. The Morgan fingerprint density at radius 3 is 2.65 bits per heavy atom. The molecular weight excluding hydrogens is 311 g/mol. The Morgan fingerprint density at radius 2 is 2.05 bits per heavy atom. The van der Waals surface area contributed by atoms with Crippen molar-refractivity contribution in [1.82, 2.24) is 0 Å². The number of nitrogens with one attached hydrogen (secondary N) is 1. The fourth-order valence-corrected chi connectivity index (χ4v) is 2.45. The lowest BCUT2D eigenvalue weighted by molar-refractivity contribution is -0.274. The average molecular weight is 319 g/mol. The van der Waals surface area contributed by atoms with Crippen molar-refractivity contribution in [2.45, 2.75) is 11.3 Å². The van der Waals surface area contributed by atoms with Crippen LogP contribution in [-0.4, -0.2) is 12.3 Å². The molecule has 1 aromatic heterocycles. The van der Waals surface area contributed by atoms with Crippen molar-refractivity contribution in [3.05, 3.63) is 40.6 Å². The minimum atomic E-state index is -4.77. The van der Waals surface area contributed by atoms with Crippen molar-refractivity contribution in [3.63, 3.8) is 0 Å². The van der Waals surface area contributed by atoms with E-state index in [-0.39, 0.29) is 5.69 Å². The van der Waals surface area contributed by atoms with E-state index in [4.69, 9.17) is 0 Å². The van der Waals surface area contributed by atoms with E-state index in [1.807, 2.05) is 0 Å². The van der Waals surface area contributed by atoms with Crippen LogP contribution in [0.5, 0.6) is 5.75 Å². The summed E-state index contributed by atoms with van der Waals surface area (Å²) in [4.78, 5) is 12.9. The van der Waals surface area contributed by atoms with Crippen molar-refractivity contribution in [2.75, 3.05) is 5.32 Å². The van der Waals surface area contributed by atoms with Crippen LogP contribution in [0.3, 0.4) is 0 Å². The minimum absolute atomic E-state index is 0.214. The van der Waals surface area contributed by atoms with Crippen LogP contribution in [0.2, 0.25) is 0 Å². The van der Waals surface area contributed by atoms with Crippen LogP contribution in [0, 0.1) is 0 Å². The number of benzene rings is 1. The number of thiophene rings is 1. The van der Waals surface area contributed by atoms with Gasteiger partial charge in [-0.3, -0.25) is 4.79 Å². The molecule has 0 radical (unpaired) electrons. The van der Waals surface area contributed by atoms with Gasteiger partial charge in [0.05, 0.1) is 4.88 Å². The van der Waals surface area contributed by atoms with Crippen molar-refractivity contribution < 1.29 is 22.7 Å². The zero-order valence-corrected chi connectivity index (χ0v) is 11.5. The maximum Gasteiger partial charge on any atom is 0.573 e. The summed E-state index contributed by atoms with van der Waals surface area (Å²) in [5.41, 5.74) is 0.214. The maximum atomic E-state index is 12.1. The Morgan fingerprint density at radius 1 is 1.30 bits per heavy atom. The van der Waals surface area contributed by atoms with E-state index < -0.39 is 18.0 Å². The number of hydrogen-bond acceptors (Lipinski definition) is 4. The van der Waals surface area contributed by atoms with Crippen LogP contribution < -0.4 is 10.1 Å². The molecule has 0 aliphatic rings. The first-order valence-corrected chi connectivity index (χ1v) is 6.61. The first-order valence-electron chi connectivity index (χ1n) is 5.28. The van der Waals surface area contributed by atoms with E-state index in [9.17, 15) is 18.0 Å². The molecule has 0 fully saturated rings. The molecule has 0 bridgehead atoms. The fraction of sp³-hybridized carbons (Fsp3) is 0.0833. The maximum absolute atomic E-state index is 12.1. The molecule has 3 nitrogen and oxygen atoms in total. The van der Waals surface area contributed by atoms with E-state index in [1.54, 1.807) is 11.4 Å². The molecule has 1 N–H and O–H groups in total. The predicted molar refractivity (Wildman–Crippen MR) is 72.6 cm³/mol. The third kappa shape index (κ3) is 4.17. The van der Waals surface area contributed by atoms with Gasteiger partial charge >= 0.3 is 6.36 Å². The quantitative estimate of drug-likeness (QED) is 0.833. The third-order valence-corrected chi connectivity index (χ3v) is 3.50. The zero-order chi connectivity index (χ0) is 14.8. The van der Waals surface area contributed by atoms with Crippen molar-refractivity contribution in [3.8, 4) is 5.75 Å². The lowest BCUT2D eigenvalue weighted by Gasteiger charge is -2.10. The fourth-order valence-electron chi connectivity index (χ4n) is 1.41. The topological polar surface area (TPSA) is 38.3 Å². The smallest absolute Gasteiger partial charge is 0.406 e. The molecule has 20 heavy (non-hydrogen) atoms. The van der Waals surface area contributed by atoms with Crippen LogP contribution in [0.1, 0.15) is 9.67 Å². The highest BCUT2D eigenvalue weighted by atomic mass is 32.1.